The Kier molecular flexibility index (Phi) is 4.40. The van der Waals surface area contributed by atoms with Crippen LogP contribution in [-0.4, -0.2) is 67.0 Å². The molecule has 24 heavy (non-hydrogen) atoms. The molecule has 1 spiro atoms. The zero-order valence-electron chi connectivity index (χ0n) is 14.3. The van der Waals surface area contributed by atoms with Crippen molar-refractivity contribution in [3.8, 4) is 0 Å². The first kappa shape index (κ1) is 16.6. The normalized spacial score (nSPS) is 22.4. The molecule has 1 N–H and O–H groups in total. The molecule has 8 heteroatoms. The van der Waals surface area contributed by atoms with E-state index in [4.69, 9.17) is 9.72 Å². The van der Waals surface area contributed by atoms with E-state index < -0.39 is 0 Å². The van der Waals surface area contributed by atoms with Crippen molar-refractivity contribution in [2.75, 3.05) is 45.2 Å². The van der Waals surface area contributed by atoms with Crippen molar-refractivity contribution >= 4 is 17.8 Å². The second-order valence-electron chi connectivity index (χ2n) is 6.69. The van der Waals surface area contributed by atoms with Gasteiger partial charge in [0.25, 0.3) is 0 Å². The summed E-state index contributed by atoms with van der Waals surface area (Å²) in [6, 6.07) is 0. The van der Waals surface area contributed by atoms with Crippen molar-refractivity contribution < 1.29 is 14.3 Å². The third-order valence-corrected chi connectivity index (χ3v) is 4.59. The Bertz CT molecular complexity index is 663. The summed E-state index contributed by atoms with van der Waals surface area (Å²) in [6.07, 6.45) is 2.62. The van der Waals surface area contributed by atoms with Crippen molar-refractivity contribution in [3.63, 3.8) is 0 Å². The quantitative estimate of drug-likeness (QED) is 0.816. The van der Waals surface area contributed by atoms with Gasteiger partial charge in [0.1, 0.15) is 0 Å². The maximum atomic E-state index is 12.3. The first-order chi connectivity index (χ1) is 11.4. The summed E-state index contributed by atoms with van der Waals surface area (Å²) in [7, 11) is 3.82. The Hall–Kier alpha value is -2.22. The van der Waals surface area contributed by atoms with E-state index >= 15 is 0 Å². The Morgan fingerprint density at radius 2 is 2.25 bits per heavy atom. The molecule has 0 radical (unpaired) electrons. The highest BCUT2D eigenvalue weighted by Gasteiger charge is 2.46. The number of carbonyl (C=O) groups is 2. The molecule has 0 bridgehead atoms. The second kappa shape index (κ2) is 6.35. The summed E-state index contributed by atoms with van der Waals surface area (Å²) in [4.78, 5) is 36.0. The van der Waals surface area contributed by atoms with Gasteiger partial charge in [-0.15, -0.1) is 0 Å². The molecule has 0 aliphatic carbocycles. The minimum absolute atomic E-state index is 0.0336. The summed E-state index contributed by atoms with van der Waals surface area (Å²) < 4.78 is 5.76. The highest BCUT2D eigenvalue weighted by molar-refractivity contribution is 5.84. The van der Waals surface area contributed by atoms with Gasteiger partial charge in [-0.25, -0.2) is 9.97 Å². The van der Waals surface area contributed by atoms with Crippen molar-refractivity contribution in [1.82, 2.24) is 20.2 Å². The third-order valence-electron chi connectivity index (χ3n) is 4.59. The molecular formula is C16H23N5O3. The molecule has 1 atom stereocenters. The molecule has 1 saturated heterocycles. The van der Waals surface area contributed by atoms with Crippen molar-refractivity contribution in [1.29, 1.82) is 0 Å². The predicted octanol–water partition coefficient (Wildman–Crippen LogP) is -0.321. The number of anilines is 1. The summed E-state index contributed by atoms with van der Waals surface area (Å²) in [5.74, 6) is 0.390. The van der Waals surface area contributed by atoms with Gasteiger partial charge in [0.15, 0.2) is 0 Å². The number of hydrogen-bond acceptors (Lipinski definition) is 6. The fraction of sp³-hybridized carbons (Fsp3) is 0.625. The van der Waals surface area contributed by atoms with Crippen LogP contribution >= 0.6 is 0 Å². The zero-order valence-corrected chi connectivity index (χ0v) is 14.3. The van der Waals surface area contributed by atoms with Crippen molar-refractivity contribution in [2.45, 2.75) is 25.4 Å². The van der Waals surface area contributed by atoms with Gasteiger partial charge >= 0.3 is 0 Å². The number of fused-ring (bicyclic) bond motifs is 2. The van der Waals surface area contributed by atoms with Crippen LogP contribution in [0.25, 0.3) is 0 Å². The topological polar surface area (TPSA) is 87.7 Å². The standard InChI is InChI=1S/C16H23N5O3/c1-11(22)17-7-13(23)21-5-4-16(9-21)10-24-8-12-6-18-15(20(2)3)19-14(12)16/h6H,4-5,7-10H2,1-3H3,(H,17,22)/t16-/m0/s1. The third kappa shape index (κ3) is 3.06. The average Bonchev–Trinajstić information content (AvgIpc) is 2.97. The molecule has 3 heterocycles. The second-order valence-corrected chi connectivity index (χ2v) is 6.69. The molecule has 2 aliphatic rings. The number of amides is 2. The number of rotatable bonds is 3. The number of aromatic nitrogens is 2. The largest absolute Gasteiger partial charge is 0.376 e. The summed E-state index contributed by atoms with van der Waals surface area (Å²) in [5, 5.41) is 2.56. The van der Waals surface area contributed by atoms with Crippen LogP contribution < -0.4 is 10.2 Å². The Labute approximate surface area is 141 Å². The van der Waals surface area contributed by atoms with Gasteiger partial charge in [0, 0.05) is 45.9 Å². The Morgan fingerprint density at radius 1 is 1.46 bits per heavy atom. The first-order valence-electron chi connectivity index (χ1n) is 8.05. The SMILES string of the molecule is CC(=O)NCC(=O)N1CC[C@@]2(COCc3cnc(N(C)C)nc32)C1. The molecule has 0 saturated carbocycles. The van der Waals surface area contributed by atoms with E-state index in [1.807, 2.05) is 25.2 Å². The Morgan fingerprint density at radius 3 is 2.96 bits per heavy atom. The van der Waals surface area contributed by atoms with E-state index in [9.17, 15) is 9.59 Å². The van der Waals surface area contributed by atoms with Crippen LogP contribution in [0.1, 0.15) is 24.6 Å². The highest BCUT2D eigenvalue weighted by Crippen LogP contribution is 2.39. The summed E-state index contributed by atoms with van der Waals surface area (Å²) in [5.41, 5.74) is 1.69. The lowest BCUT2D eigenvalue weighted by Crippen LogP contribution is -2.44. The molecule has 0 aromatic carbocycles. The zero-order chi connectivity index (χ0) is 17.3. The molecule has 1 aromatic rings. The lowest BCUT2D eigenvalue weighted by molar-refractivity contribution is -0.131. The van der Waals surface area contributed by atoms with E-state index in [2.05, 4.69) is 10.3 Å². The van der Waals surface area contributed by atoms with Gasteiger partial charge < -0.3 is 19.9 Å². The van der Waals surface area contributed by atoms with Crippen molar-refractivity contribution in [3.05, 3.63) is 17.5 Å². The fourth-order valence-electron chi connectivity index (χ4n) is 3.31. The number of ether oxygens (including phenoxy) is 1. The monoisotopic (exact) mass is 333 g/mol. The first-order valence-corrected chi connectivity index (χ1v) is 8.05. The van der Waals surface area contributed by atoms with Crippen LogP contribution in [0, 0.1) is 0 Å². The highest BCUT2D eigenvalue weighted by atomic mass is 16.5. The predicted molar refractivity (Wildman–Crippen MR) is 87.6 cm³/mol. The summed E-state index contributed by atoms with van der Waals surface area (Å²) >= 11 is 0. The average molecular weight is 333 g/mol. The van der Waals surface area contributed by atoms with E-state index in [1.165, 1.54) is 6.92 Å². The molecule has 3 rings (SSSR count). The van der Waals surface area contributed by atoms with Crippen LogP contribution in [0.5, 0.6) is 0 Å². The van der Waals surface area contributed by atoms with Gasteiger partial charge in [0.05, 0.1) is 30.9 Å². The number of carbonyl (C=O) groups excluding carboxylic acids is 2. The van der Waals surface area contributed by atoms with Crippen LogP contribution in [0.3, 0.4) is 0 Å². The number of likely N-dealkylation sites (tertiary alicyclic amines) is 1. The van der Waals surface area contributed by atoms with E-state index in [0.29, 0.717) is 32.3 Å². The Balaban J connectivity index is 1.82. The van der Waals surface area contributed by atoms with Gasteiger partial charge in [0.2, 0.25) is 17.8 Å². The minimum Gasteiger partial charge on any atom is -0.376 e. The van der Waals surface area contributed by atoms with Crippen LogP contribution in [-0.2, 0) is 26.3 Å². The smallest absolute Gasteiger partial charge is 0.241 e. The fourth-order valence-corrected chi connectivity index (χ4v) is 3.31. The molecule has 1 fully saturated rings. The van der Waals surface area contributed by atoms with Gasteiger partial charge in [-0.1, -0.05) is 0 Å². The van der Waals surface area contributed by atoms with E-state index in [0.717, 1.165) is 17.7 Å². The number of hydrogen-bond donors (Lipinski definition) is 1. The molecule has 2 amide bonds. The lowest BCUT2D eigenvalue weighted by Gasteiger charge is -2.34. The number of nitrogens with one attached hydrogen (secondary N) is 1. The van der Waals surface area contributed by atoms with Gasteiger partial charge in [-0.3, -0.25) is 9.59 Å². The van der Waals surface area contributed by atoms with E-state index in [1.54, 1.807) is 4.90 Å². The summed E-state index contributed by atoms with van der Waals surface area (Å²) in [6.45, 7) is 3.69. The molecule has 8 nitrogen and oxygen atoms in total. The molecule has 2 aliphatic heterocycles. The minimum atomic E-state index is -0.285. The van der Waals surface area contributed by atoms with Gasteiger partial charge in [-0.05, 0) is 6.42 Å². The molecule has 130 valence electrons. The van der Waals surface area contributed by atoms with Crippen molar-refractivity contribution in [2.24, 2.45) is 0 Å². The maximum Gasteiger partial charge on any atom is 0.241 e. The molecule has 0 unspecified atom stereocenters. The van der Waals surface area contributed by atoms with E-state index in [-0.39, 0.29) is 23.8 Å². The van der Waals surface area contributed by atoms with Crippen LogP contribution in [0.2, 0.25) is 0 Å². The molecular weight excluding hydrogens is 310 g/mol. The van der Waals surface area contributed by atoms with Crippen LogP contribution in [0.15, 0.2) is 6.20 Å². The number of nitrogens with zero attached hydrogens (tertiary/aromatic N) is 4. The lowest BCUT2D eigenvalue weighted by atomic mass is 9.80. The molecule has 1 aromatic heterocycles. The maximum absolute atomic E-state index is 12.3. The van der Waals surface area contributed by atoms with Gasteiger partial charge in [-0.2, -0.15) is 0 Å². The van der Waals surface area contributed by atoms with Crippen LogP contribution in [0.4, 0.5) is 5.95 Å².